The zero-order valence-corrected chi connectivity index (χ0v) is 5.18. The summed E-state index contributed by atoms with van der Waals surface area (Å²) in [5, 5.41) is 8.29. The lowest BCUT2D eigenvalue weighted by atomic mass is 10.4. The van der Waals surface area contributed by atoms with Crippen LogP contribution in [0.25, 0.3) is 0 Å². The van der Waals surface area contributed by atoms with Crippen molar-refractivity contribution in [1.29, 1.82) is 0 Å². The molecule has 0 aliphatic carbocycles. The van der Waals surface area contributed by atoms with E-state index in [1.807, 2.05) is 0 Å². The Kier molecular flexibility index (Phi) is 2.51. The fourth-order valence-corrected chi connectivity index (χ4v) is 0.194. The van der Waals surface area contributed by atoms with Gasteiger partial charge in [0.05, 0.1) is 0 Å². The van der Waals surface area contributed by atoms with Crippen molar-refractivity contribution in [2.75, 3.05) is 0 Å². The van der Waals surface area contributed by atoms with Crippen molar-refractivity contribution in [3.05, 3.63) is 24.7 Å². The maximum Gasteiger partial charge on any atom is 0.340 e. The highest BCUT2D eigenvalue weighted by atomic mass is 16.6. The Balaban J connectivity index is 3.79. The van der Waals surface area contributed by atoms with Crippen LogP contribution >= 0.6 is 0 Å². The van der Waals surface area contributed by atoms with Crippen molar-refractivity contribution >= 4 is 5.97 Å². The summed E-state index contributed by atoms with van der Waals surface area (Å²) in [4.78, 5) is 10.4. The summed E-state index contributed by atoms with van der Waals surface area (Å²) in [6.07, 6.45) is 0. The van der Waals surface area contributed by atoms with Crippen molar-refractivity contribution in [2.24, 2.45) is 0 Å². The van der Waals surface area contributed by atoms with Crippen molar-refractivity contribution in [3.8, 4) is 0 Å². The van der Waals surface area contributed by atoms with Crippen molar-refractivity contribution in [2.45, 2.75) is 6.92 Å². The number of aliphatic hydroxyl groups is 1. The molecule has 0 heterocycles. The van der Waals surface area contributed by atoms with Gasteiger partial charge >= 0.3 is 5.97 Å². The summed E-state index contributed by atoms with van der Waals surface area (Å²) < 4.78 is 4.13. The van der Waals surface area contributed by atoms with Gasteiger partial charge in [0.15, 0.2) is 0 Å². The van der Waals surface area contributed by atoms with Gasteiger partial charge in [0.2, 0.25) is 0 Å². The number of hydrogen-bond donors (Lipinski definition) is 1. The zero-order valence-electron chi connectivity index (χ0n) is 5.18. The first kappa shape index (κ1) is 7.75. The van der Waals surface area contributed by atoms with E-state index in [1.165, 1.54) is 6.92 Å². The first-order valence-corrected chi connectivity index (χ1v) is 2.29. The summed E-state index contributed by atoms with van der Waals surface area (Å²) in [6.45, 7) is 7.71. The highest BCUT2D eigenvalue weighted by Gasteiger charge is 2.02. The molecule has 0 radical (unpaired) electrons. The van der Waals surface area contributed by atoms with E-state index in [9.17, 15) is 4.79 Å². The minimum Gasteiger partial charge on any atom is -0.481 e. The van der Waals surface area contributed by atoms with Crippen LogP contribution in [0.1, 0.15) is 6.92 Å². The molecular formula is C6H8O3. The Morgan fingerprint density at radius 1 is 1.56 bits per heavy atom. The Bertz CT molecular complexity index is 158. The lowest BCUT2D eigenvalue weighted by Crippen LogP contribution is -2.03. The highest BCUT2D eigenvalue weighted by molar-refractivity contribution is 5.87. The van der Waals surface area contributed by atoms with Gasteiger partial charge in [0, 0.05) is 5.57 Å². The van der Waals surface area contributed by atoms with E-state index in [4.69, 9.17) is 5.11 Å². The second-order valence-electron chi connectivity index (χ2n) is 1.56. The molecule has 50 valence electrons. The van der Waals surface area contributed by atoms with Gasteiger partial charge in [-0.05, 0) is 13.5 Å². The highest BCUT2D eigenvalue weighted by Crippen LogP contribution is 1.95. The maximum atomic E-state index is 10.4. The van der Waals surface area contributed by atoms with E-state index in [-0.39, 0.29) is 5.57 Å². The average molecular weight is 128 g/mol. The van der Waals surface area contributed by atoms with Crippen LogP contribution in [0.4, 0.5) is 0 Å². The fourth-order valence-electron chi connectivity index (χ4n) is 0.194. The minimum atomic E-state index is -0.664. The third-order valence-electron chi connectivity index (χ3n) is 0.559. The SMILES string of the molecule is C=C(O)OC(=O)C(=C)C. The topological polar surface area (TPSA) is 46.5 Å². The molecule has 0 rings (SSSR count). The largest absolute Gasteiger partial charge is 0.481 e. The van der Waals surface area contributed by atoms with E-state index in [0.29, 0.717) is 0 Å². The number of carbonyl (C=O) groups is 1. The predicted molar refractivity (Wildman–Crippen MR) is 32.7 cm³/mol. The number of esters is 1. The number of hydrogen-bond acceptors (Lipinski definition) is 3. The lowest BCUT2D eigenvalue weighted by molar-refractivity contribution is -0.138. The fraction of sp³-hybridized carbons (Fsp3) is 0.167. The molecule has 0 saturated carbocycles. The van der Waals surface area contributed by atoms with Crippen molar-refractivity contribution in [1.82, 2.24) is 0 Å². The van der Waals surface area contributed by atoms with Gasteiger partial charge in [-0.2, -0.15) is 0 Å². The molecule has 0 aliphatic heterocycles. The van der Waals surface area contributed by atoms with E-state index < -0.39 is 11.9 Å². The molecule has 3 nitrogen and oxygen atoms in total. The van der Waals surface area contributed by atoms with E-state index >= 15 is 0 Å². The van der Waals surface area contributed by atoms with Gasteiger partial charge < -0.3 is 9.84 Å². The summed E-state index contributed by atoms with van der Waals surface area (Å²) in [5.74, 6) is -1.27. The Morgan fingerprint density at radius 3 is 2.11 bits per heavy atom. The summed E-state index contributed by atoms with van der Waals surface area (Å²) in [7, 11) is 0. The van der Waals surface area contributed by atoms with Crippen LogP contribution in [0.2, 0.25) is 0 Å². The van der Waals surface area contributed by atoms with Crippen molar-refractivity contribution < 1.29 is 14.6 Å². The van der Waals surface area contributed by atoms with Gasteiger partial charge in [-0.25, -0.2) is 4.79 Å². The number of carbonyl (C=O) groups excluding carboxylic acids is 1. The smallest absolute Gasteiger partial charge is 0.340 e. The molecule has 0 aromatic rings. The summed E-state index contributed by atoms with van der Waals surface area (Å²) in [5.41, 5.74) is 0.227. The summed E-state index contributed by atoms with van der Waals surface area (Å²) in [6, 6.07) is 0. The molecule has 0 aromatic heterocycles. The van der Waals surface area contributed by atoms with Gasteiger partial charge in [0.25, 0.3) is 5.95 Å². The van der Waals surface area contributed by atoms with Crippen molar-refractivity contribution in [3.63, 3.8) is 0 Å². The number of rotatable bonds is 2. The Morgan fingerprint density at radius 2 is 2.00 bits per heavy atom. The summed E-state index contributed by atoms with van der Waals surface area (Å²) >= 11 is 0. The third kappa shape index (κ3) is 3.34. The third-order valence-corrected chi connectivity index (χ3v) is 0.559. The molecule has 0 unspecified atom stereocenters. The number of ether oxygens (including phenoxy) is 1. The van der Waals surface area contributed by atoms with Gasteiger partial charge in [-0.3, -0.25) is 0 Å². The van der Waals surface area contributed by atoms with Gasteiger partial charge in [0.1, 0.15) is 0 Å². The molecule has 1 N–H and O–H groups in total. The number of aliphatic hydroxyl groups excluding tert-OH is 1. The maximum absolute atomic E-state index is 10.4. The van der Waals surface area contributed by atoms with E-state index in [1.54, 1.807) is 0 Å². The first-order valence-electron chi connectivity index (χ1n) is 2.29. The molecule has 0 amide bonds. The van der Waals surface area contributed by atoms with Crippen LogP contribution in [0.15, 0.2) is 24.7 Å². The molecule has 0 aliphatic rings. The second kappa shape index (κ2) is 2.91. The van der Waals surface area contributed by atoms with E-state index in [2.05, 4.69) is 17.9 Å². The van der Waals surface area contributed by atoms with Gasteiger partial charge in [-0.15, -0.1) is 0 Å². The second-order valence-corrected chi connectivity index (χ2v) is 1.56. The van der Waals surface area contributed by atoms with Crippen LogP contribution in [0, 0.1) is 0 Å². The molecule has 0 bridgehead atoms. The molecule has 0 fully saturated rings. The van der Waals surface area contributed by atoms with Gasteiger partial charge in [-0.1, -0.05) is 6.58 Å². The molecule has 9 heavy (non-hydrogen) atoms. The molecule has 0 atom stereocenters. The van der Waals surface area contributed by atoms with Crippen LogP contribution < -0.4 is 0 Å². The molecule has 3 heteroatoms. The zero-order chi connectivity index (χ0) is 7.44. The first-order chi connectivity index (χ1) is 4.04. The van der Waals surface area contributed by atoms with Crippen LogP contribution in [0.3, 0.4) is 0 Å². The Labute approximate surface area is 53.3 Å². The molecule has 0 spiro atoms. The normalized spacial score (nSPS) is 8.11. The standard InChI is InChI=1S/C6H8O3/c1-4(2)6(8)9-5(3)7/h7H,1,3H2,2H3. The average Bonchev–Trinajstić information content (AvgIpc) is 1.63. The van der Waals surface area contributed by atoms with Crippen LogP contribution in [0.5, 0.6) is 0 Å². The quantitative estimate of drug-likeness (QED) is 0.344. The monoisotopic (exact) mass is 128 g/mol. The molecule has 0 aromatic carbocycles. The van der Waals surface area contributed by atoms with Crippen LogP contribution in [-0.4, -0.2) is 11.1 Å². The molecular weight excluding hydrogens is 120 g/mol. The van der Waals surface area contributed by atoms with E-state index in [0.717, 1.165) is 0 Å². The Hall–Kier alpha value is -1.25. The lowest BCUT2D eigenvalue weighted by Gasteiger charge is -1.97. The van der Waals surface area contributed by atoms with Crippen LogP contribution in [-0.2, 0) is 9.53 Å². The minimum absolute atomic E-state index is 0.227. The predicted octanol–water partition coefficient (Wildman–Crippen LogP) is 1.13. The molecule has 0 saturated heterocycles.